The summed E-state index contributed by atoms with van der Waals surface area (Å²) in [5.74, 6) is 1.03. The molecule has 0 amide bonds. The van der Waals surface area contributed by atoms with E-state index < -0.39 is 0 Å². The maximum atomic E-state index is 13.4. The molecule has 0 saturated heterocycles. The molecule has 0 aliphatic rings. The molecule has 22 heavy (non-hydrogen) atoms. The van der Waals surface area contributed by atoms with Crippen molar-refractivity contribution in [2.24, 2.45) is 0 Å². The smallest absolute Gasteiger partial charge is 0.227 e. The Kier molecular flexibility index (Phi) is 5.35. The van der Waals surface area contributed by atoms with Crippen molar-refractivity contribution >= 4 is 28.0 Å². The predicted octanol–water partition coefficient (Wildman–Crippen LogP) is 4.41. The first kappa shape index (κ1) is 16.7. The molecule has 0 fully saturated rings. The van der Waals surface area contributed by atoms with Crippen LogP contribution in [0, 0.1) is 12.7 Å². The van der Waals surface area contributed by atoms with Crippen LogP contribution in [0.25, 0.3) is 11.0 Å². The van der Waals surface area contributed by atoms with Crippen molar-refractivity contribution in [1.29, 1.82) is 0 Å². The molecule has 2 nitrogen and oxygen atoms in total. The zero-order chi connectivity index (χ0) is 14.8. The van der Waals surface area contributed by atoms with Crippen LogP contribution in [0.2, 0.25) is 0 Å². The second kappa shape index (κ2) is 7.05. The number of hydrogen-bond donors (Lipinski definition) is 0. The van der Waals surface area contributed by atoms with Crippen molar-refractivity contribution < 1.29 is 8.96 Å². The Hall–Kier alpha value is -1.68. The topological polar surface area (TPSA) is 8.81 Å². The number of hydrogen-bond acceptors (Lipinski definition) is 0. The van der Waals surface area contributed by atoms with Gasteiger partial charge in [0.15, 0.2) is 11.0 Å². The Labute approximate surface area is 141 Å². The van der Waals surface area contributed by atoms with Crippen LogP contribution >= 0.6 is 17.0 Å². The molecule has 0 aliphatic carbocycles. The summed E-state index contributed by atoms with van der Waals surface area (Å²) < 4.78 is 18.0. The molecule has 1 heterocycles. The first-order valence-corrected chi connectivity index (χ1v) is 7.43. The lowest BCUT2D eigenvalue weighted by atomic mass is 10.2. The molecule has 0 atom stereocenters. The van der Waals surface area contributed by atoms with Gasteiger partial charge < -0.3 is 0 Å². The Morgan fingerprint density at radius 2 is 1.86 bits per heavy atom. The van der Waals surface area contributed by atoms with Gasteiger partial charge in [0.05, 0.1) is 6.54 Å². The number of benzene rings is 2. The standard InChI is InChI=1S/C18H20FN2.BrH/c1-3-11-20-14(2)21(18-10-5-4-9-17(18)20)13-15-7-6-8-16(19)12-15;/h4-10,12H,3,11,13H2,1-2H3;1H/q+1;. The average molecular weight is 364 g/mol. The summed E-state index contributed by atoms with van der Waals surface area (Å²) in [6, 6.07) is 15.3. The van der Waals surface area contributed by atoms with E-state index in [-0.39, 0.29) is 22.8 Å². The largest absolute Gasteiger partial charge is 0.254 e. The highest BCUT2D eigenvalue weighted by Crippen LogP contribution is 2.16. The van der Waals surface area contributed by atoms with Gasteiger partial charge >= 0.3 is 0 Å². The number of aryl methyl sites for hydroxylation is 1. The zero-order valence-corrected chi connectivity index (χ0v) is 14.6. The Morgan fingerprint density at radius 1 is 1.09 bits per heavy atom. The molecule has 116 valence electrons. The Morgan fingerprint density at radius 3 is 2.59 bits per heavy atom. The van der Waals surface area contributed by atoms with Crippen LogP contribution in [-0.2, 0) is 13.1 Å². The summed E-state index contributed by atoms with van der Waals surface area (Å²) >= 11 is 0. The molecule has 0 saturated carbocycles. The minimum Gasteiger partial charge on any atom is -0.227 e. The third-order valence-corrected chi connectivity index (χ3v) is 3.92. The van der Waals surface area contributed by atoms with Gasteiger partial charge in [-0.1, -0.05) is 31.2 Å². The van der Waals surface area contributed by atoms with Gasteiger partial charge in [0.1, 0.15) is 12.4 Å². The van der Waals surface area contributed by atoms with Gasteiger partial charge in [0.25, 0.3) is 5.82 Å². The second-order valence-corrected chi connectivity index (χ2v) is 5.40. The number of rotatable bonds is 4. The second-order valence-electron chi connectivity index (χ2n) is 5.40. The van der Waals surface area contributed by atoms with E-state index in [0.717, 1.165) is 18.5 Å². The predicted molar refractivity (Wildman–Crippen MR) is 93.0 cm³/mol. The van der Waals surface area contributed by atoms with Crippen molar-refractivity contribution in [2.45, 2.75) is 33.4 Å². The van der Waals surface area contributed by atoms with E-state index in [4.69, 9.17) is 0 Å². The summed E-state index contributed by atoms with van der Waals surface area (Å²) in [6.45, 7) is 6.02. The molecule has 0 radical (unpaired) electrons. The molecule has 0 unspecified atom stereocenters. The van der Waals surface area contributed by atoms with Crippen LogP contribution in [0.4, 0.5) is 4.39 Å². The highest BCUT2D eigenvalue weighted by atomic mass is 79.9. The van der Waals surface area contributed by atoms with E-state index in [9.17, 15) is 4.39 Å². The van der Waals surface area contributed by atoms with Crippen LogP contribution in [0.5, 0.6) is 0 Å². The van der Waals surface area contributed by atoms with Crippen LogP contribution in [-0.4, -0.2) is 4.57 Å². The third-order valence-electron chi connectivity index (χ3n) is 3.92. The fraction of sp³-hybridized carbons (Fsp3) is 0.278. The highest BCUT2D eigenvalue weighted by Gasteiger charge is 2.20. The lowest BCUT2D eigenvalue weighted by Gasteiger charge is -2.02. The van der Waals surface area contributed by atoms with E-state index in [1.165, 1.54) is 22.9 Å². The maximum Gasteiger partial charge on any atom is 0.254 e. The molecule has 4 heteroatoms. The van der Waals surface area contributed by atoms with Gasteiger partial charge in [-0.15, -0.1) is 17.0 Å². The van der Waals surface area contributed by atoms with Crippen molar-refractivity contribution in [2.75, 3.05) is 0 Å². The molecule has 3 rings (SSSR count). The average Bonchev–Trinajstić information content (AvgIpc) is 2.74. The summed E-state index contributed by atoms with van der Waals surface area (Å²) in [5.41, 5.74) is 3.43. The summed E-state index contributed by atoms with van der Waals surface area (Å²) in [5, 5.41) is 0. The number of nitrogens with zero attached hydrogens (tertiary/aromatic N) is 2. The van der Waals surface area contributed by atoms with Gasteiger partial charge in [-0.25, -0.2) is 13.5 Å². The monoisotopic (exact) mass is 363 g/mol. The Balaban J connectivity index is 0.00000176. The van der Waals surface area contributed by atoms with Crippen molar-refractivity contribution in [1.82, 2.24) is 4.57 Å². The van der Waals surface area contributed by atoms with Gasteiger partial charge in [-0.05, 0) is 36.2 Å². The highest BCUT2D eigenvalue weighted by molar-refractivity contribution is 8.93. The maximum absolute atomic E-state index is 13.4. The summed E-state index contributed by atoms with van der Waals surface area (Å²) in [4.78, 5) is 0. The molecule has 0 spiro atoms. The fourth-order valence-corrected chi connectivity index (χ4v) is 2.94. The quantitative estimate of drug-likeness (QED) is 0.607. The van der Waals surface area contributed by atoms with Gasteiger partial charge in [-0.2, -0.15) is 0 Å². The van der Waals surface area contributed by atoms with Crippen LogP contribution in [0.1, 0.15) is 24.7 Å². The SMILES string of the molecule is Br.CCCn1c(C)[n+](Cc2cccc(F)c2)c2ccccc21. The minimum atomic E-state index is -0.178. The number of fused-ring (bicyclic) bond motifs is 1. The van der Waals surface area contributed by atoms with Crippen molar-refractivity contribution in [3.63, 3.8) is 0 Å². The zero-order valence-electron chi connectivity index (χ0n) is 12.9. The molecule has 0 bridgehead atoms. The third kappa shape index (κ3) is 3.07. The minimum absolute atomic E-state index is 0. The summed E-state index contributed by atoms with van der Waals surface area (Å²) in [7, 11) is 0. The summed E-state index contributed by atoms with van der Waals surface area (Å²) in [6.07, 6.45) is 1.10. The molecular formula is C18H21BrFN2+. The van der Waals surface area contributed by atoms with E-state index in [2.05, 4.69) is 47.2 Å². The number of aromatic nitrogens is 2. The van der Waals surface area contributed by atoms with Crippen molar-refractivity contribution in [3.05, 3.63) is 65.7 Å². The number of imidazole rings is 1. The lowest BCUT2D eigenvalue weighted by Crippen LogP contribution is -2.37. The molecule has 2 aromatic carbocycles. The van der Waals surface area contributed by atoms with Crippen LogP contribution < -0.4 is 4.57 Å². The number of para-hydroxylation sites is 2. The fourth-order valence-electron chi connectivity index (χ4n) is 2.94. The van der Waals surface area contributed by atoms with E-state index in [0.29, 0.717) is 6.54 Å². The lowest BCUT2D eigenvalue weighted by molar-refractivity contribution is -0.669. The molecule has 0 N–H and O–H groups in total. The van der Waals surface area contributed by atoms with E-state index in [1.807, 2.05) is 6.07 Å². The van der Waals surface area contributed by atoms with Gasteiger partial charge in [-0.3, -0.25) is 0 Å². The van der Waals surface area contributed by atoms with Gasteiger partial charge in [0, 0.05) is 6.92 Å². The van der Waals surface area contributed by atoms with Crippen molar-refractivity contribution in [3.8, 4) is 0 Å². The van der Waals surface area contributed by atoms with Crippen LogP contribution in [0.3, 0.4) is 0 Å². The van der Waals surface area contributed by atoms with E-state index in [1.54, 1.807) is 12.1 Å². The van der Waals surface area contributed by atoms with Crippen LogP contribution in [0.15, 0.2) is 48.5 Å². The molecular weight excluding hydrogens is 343 g/mol. The molecule has 3 aromatic rings. The Bertz CT molecular complexity index is 780. The van der Waals surface area contributed by atoms with E-state index >= 15 is 0 Å². The van der Waals surface area contributed by atoms with Gasteiger partial charge in [0.2, 0.25) is 0 Å². The normalized spacial score (nSPS) is 10.7. The number of halogens is 2. The molecule has 0 aliphatic heterocycles. The first-order chi connectivity index (χ1) is 10.2. The molecule has 1 aromatic heterocycles. The first-order valence-electron chi connectivity index (χ1n) is 7.43.